The van der Waals surface area contributed by atoms with Crippen molar-refractivity contribution in [3.8, 4) is 0 Å². The van der Waals surface area contributed by atoms with Crippen molar-refractivity contribution in [3.05, 3.63) is 75.8 Å². The second-order valence-electron chi connectivity index (χ2n) is 6.13. The van der Waals surface area contributed by atoms with Crippen LogP contribution in [0, 0.1) is 10.1 Å². The number of hydrogen-bond acceptors (Lipinski definition) is 6. The minimum absolute atomic E-state index is 0.0755. The molecule has 0 unspecified atom stereocenters. The summed E-state index contributed by atoms with van der Waals surface area (Å²) in [6.45, 7) is -0.0818. The quantitative estimate of drug-likeness (QED) is 0.325. The second kappa shape index (κ2) is 9.86. The van der Waals surface area contributed by atoms with Gasteiger partial charge in [-0.1, -0.05) is 24.3 Å². The molecule has 0 heterocycles. The number of anilines is 1. The van der Waals surface area contributed by atoms with E-state index in [1.54, 1.807) is 6.07 Å². The molecule has 8 nitrogen and oxygen atoms in total. The van der Waals surface area contributed by atoms with Crippen LogP contribution in [0.1, 0.15) is 11.1 Å². The van der Waals surface area contributed by atoms with E-state index in [2.05, 4.69) is 5.32 Å². The normalized spacial score (nSPS) is 10.5. The highest BCUT2D eigenvalue weighted by atomic mass is 16.6. The summed E-state index contributed by atoms with van der Waals surface area (Å²) in [5.74, 6) is -1.13. The van der Waals surface area contributed by atoms with Crippen molar-refractivity contribution < 1.29 is 19.2 Å². The van der Waals surface area contributed by atoms with Gasteiger partial charge in [0, 0.05) is 44.5 Å². The fourth-order valence-electron chi connectivity index (χ4n) is 2.25. The number of nitrogens with zero attached hydrogens (tertiary/aromatic N) is 2. The van der Waals surface area contributed by atoms with E-state index < -0.39 is 23.4 Å². The molecule has 2 aromatic rings. The molecule has 8 heteroatoms. The predicted octanol–water partition coefficient (Wildman–Crippen LogP) is 2.53. The van der Waals surface area contributed by atoms with Gasteiger partial charge in [0.1, 0.15) is 0 Å². The maximum atomic E-state index is 11.8. The van der Waals surface area contributed by atoms with Gasteiger partial charge in [-0.05, 0) is 29.3 Å². The Balaban J connectivity index is 1.76. The standard InChI is InChI=1S/C20H21N3O5/c1-22(2)17-9-6-16(7-10-17)13-21-19(24)14-28-20(25)11-8-15-4-3-5-18(12-15)23(26)27/h3-12H,13-14H2,1-2H3,(H,21,24)/b11-8+. The third-order valence-electron chi connectivity index (χ3n) is 3.78. The van der Waals surface area contributed by atoms with Crippen molar-refractivity contribution in [2.24, 2.45) is 0 Å². The van der Waals surface area contributed by atoms with Crippen LogP contribution in [0.25, 0.3) is 6.08 Å². The van der Waals surface area contributed by atoms with Gasteiger partial charge in [-0.25, -0.2) is 4.79 Å². The maximum Gasteiger partial charge on any atom is 0.331 e. The van der Waals surface area contributed by atoms with E-state index in [-0.39, 0.29) is 5.69 Å². The average Bonchev–Trinajstić information content (AvgIpc) is 2.69. The number of non-ortho nitro benzene ring substituents is 1. The van der Waals surface area contributed by atoms with Crippen LogP contribution in [0.3, 0.4) is 0 Å². The van der Waals surface area contributed by atoms with Crippen molar-refractivity contribution in [1.29, 1.82) is 0 Å². The molecule has 0 aromatic heterocycles. The van der Waals surface area contributed by atoms with Gasteiger partial charge < -0.3 is 15.0 Å². The third kappa shape index (κ3) is 6.56. The van der Waals surface area contributed by atoms with Gasteiger partial charge in [-0.3, -0.25) is 14.9 Å². The first kappa shape index (κ1) is 20.6. The molecule has 2 aromatic carbocycles. The highest BCUT2D eigenvalue weighted by Crippen LogP contribution is 2.14. The van der Waals surface area contributed by atoms with Crippen molar-refractivity contribution >= 4 is 29.3 Å². The number of benzene rings is 2. The summed E-state index contributed by atoms with van der Waals surface area (Å²) in [4.78, 5) is 35.7. The highest BCUT2D eigenvalue weighted by Gasteiger charge is 2.07. The number of rotatable bonds is 8. The molecule has 0 radical (unpaired) electrons. The molecule has 0 aliphatic heterocycles. The van der Waals surface area contributed by atoms with Crippen LogP contribution in [0.15, 0.2) is 54.6 Å². The molecule has 0 saturated carbocycles. The fourth-order valence-corrected chi connectivity index (χ4v) is 2.25. The van der Waals surface area contributed by atoms with E-state index in [4.69, 9.17) is 4.74 Å². The van der Waals surface area contributed by atoms with Gasteiger partial charge in [-0.2, -0.15) is 0 Å². The summed E-state index contributed by atoms with van der Waals surface area (Å²) < 4.78 is 4.86. The molecule has 0 aliphatic rings. The monoisotopic (exact) mass is 383 g/mol. The number of hydrogen-bond donors (Lipinski definition) is 1. The molecular formula is C20H21N3O5. The van der Waals surface area contributed by atoms with E-state index in [1.165, 1.54) is 24.3 Å². The number of esters is 1. The lowest BCUT2D eigenvalue weighted by Crippen LogP contribution is -2.28. The van der Waals surface area contributed by atoms with Crippen LogP contribution in [-0.2, 0) is 20.9 Å². The Morgan fingerprint density at radius 1 is 1.18 bits per heavy atom. The zero-order valence-corrected chi connectivity index (χ0v) is 15.6. The Kier molecular flexibility index (Phi) is 7.27. The summed E-state index contributed by atoms with van der Waals surface area (Å²) in [5.41, 5.74) is 2.39. The topological polar surface area (TPSA) is 102 Å². The number of nitro benzene ring substituents is 1. The first-order chi connectivity index (χ1) is 13.3. The van der Waals surface area contributed by atoms with Crippen molar-refractivity contribution in [1.82, 2.24) is 5.32 Å². The van der Waals surface area contributed by atoms with Gasteiger partial charge in [-0.15, -0.1) is 0 Å². The van der Waals surface area contributed by atoms with E-state index in [1.807, 2.05) is 43.3 Å². The lowest BCUT2D eigenvalue weighted by molar-refractivity contribution is -0.384. The molecule has 0 atom stereocenters. The Bertz CT molecular complexity index is 876. The zero-order chi connectivity index (χ0) is 20.5. The molecule has 146 valence electrons. The van der Waals surface area contributed by atoms with Crippen LogP contribution in [0.5, 0.6) is 0 Å². The fraction of sp³-hybridized carbons (Fsp3) is 0.200. The average molecular weight is 383 g/mol. The summed E-state index contributed by atoms with van der Waals surface area (Å²) in [6.07, 6.45) is 2.51. The van der Waals surface area contributed by atoms with Crippen molar-refractivity contribution in [2.45, 2.75) is 6.54 Å². The molecule has 28 heavy (non-hydrogen) atoms. The van der Waals surface area contributed by atoms with Crippen LogP contribution < -0.4 is 10.2 Å². The lowest BCUT2D eigenvalue weighted by atomic mass is 10.2. The summed E-state index contributed by atoms with van der Waals surface area (Å²) in [5, 5.41) is 13.4. The predicted molar refractivity (Wildman–Crippen MR) is 106 cm³/mol. The van der Waals surface area contributed by atoms with Gasteiger partial charge >= 0.3 is 5.97 Å². The number of carbonyl (C=O) groups excluding carboxylic acids is 2. The smallest absolute Gasteiger partial charge is 0.331 e. The Morgan fingerprint density at radius 2 is 1.89 bits per heavy atom. The lowest BCUT2D eigenvalue weighted by Gasteiger charge is -2.12. The summed E-state index contributed by atoms with van der Waals surface area (Å²) in [7, 11) is 3.89. The first-order valence-electron chi connectivity index (χ1n) is 8.47. The van der Waals surface area contributed by atoms with Crippen LogP contribution in [0.2, 0.25) is 0 Å². The van der Waals surface area contributed by atoms with Gasteiger partial charge in [0.25, 0.3) is 11.6 Å². The zero-order valence-electron chi connectivity index (χ0n) is 15.6. The van der Waals surface area contributed by atoms with Crippen LogP contribution >= 0.6 is 0 Å². The Labute approximate surface area is 162 Å². The van der Waals surface area contributed by atoms with E-state index in [0.717, 1.165) is 17.3 Å². The SMILES string of the molecule is CN(C)c1ccc(CNC(=O)COC(=O)/C=C/c2cccc([N+](=O)[O-])c2)cc1. The van der Waals surface area contributed by atoms with Crippen molar-refractivity contribution in [2.75, 3.05) is 25.6 Å². The maximum absolute atomic E-state index is 11.8. The Hall–Kier alpha value is -3.68. The molecule has 1 N–H and O–H groups in total. The minimum atomic E-state index is -0.711. The van der Waals surface area contributed by atoms with Gasteiger partial charge in [0.15, 0.2) is 6.61 Å². The molecule has 0 spiro atoms. The number of carbonyl (C=O) groups is 2. The molecule has 0 aliphatic carbocycles. The molecule has 0 bridgehead atoms. The number of nitrogens with one attached hydrogen (secondary N) is 1. The third-order valence-corrected chi connectivity index (χ3v) is 3.78. The number of ether oxygens (including phenoxy) is 1. The van der Waals surface area contributed by atoms with Crippen molar-refractivity contribution in [3.63, 3.8) is 0 Å². The van der Waals surface area contributed by atoms with Crippen LogP contribution in [-0.4, -0.2) is 37.5 Å². The summed E-state index contributed by atoms with van der Waals surface area (Å²) >= 11 is 0. The van der Waals surface area contributed by atoms with E-state index in [0.29, 0.717) is 12.1 Å². The van der Waals surface area contributed by atoms with E-state index in [9.17, 15) is 19.7 Å². The first-order valence-corrected chi connectivity index (χ1v) is 8.47. The number of amides is 1. The summed E-state index contributed by atoms with van der Waals surface area (Å²) in [6, 6.07) is 13.5. The van der Waals surface area contributed by atoms with Gasteiger partial charge in [0.05, 0.1) is 4.92 Å². The molecule has 0 saturated heterocycles. The number of nitro groups is 1. The highest BCUT2D eigenvalue weighted by molar-refractivity contribution is 5.89. The minimum Gasteiger partial charge on any atom is -0.452 e. The second-order valence-corrected chi connectivity index (χ2v) is 6.13. The molecule has 0 fully saturated rings. The van der Waals surface area contributed by atoms with Crippen LogP contribution in [0.4, 0.5) is 11.4 Å². The Morgan fingerprint density at radius 3 is 2.54 bits per heavy atom. The molecule has 2 rings (SSSR count). The van der Waals surface area contributed by atoms with Gasteiger partial charge in [0.2, 0.25) is 0 Å². The molecular weight excluding hydrogens is 362 g/mol. The largest absolute Gasteiger partial charge is 0.452 e. The molecule has 1 amide bonds. The van der Waals surface area contributed by atoms with E-state index >= 15 is 0 Å².